The first-order valence-electron chi connectivity index (χ1n) is 5.00. The van der Waals surface area contributed by atoms with Crippen LogP contribution in [0, 0.1) is 5.92 Å². The summed E-state index contributed by atoms with van der Waals surface area (Å²) in [6.45, 7) is 3.53. The number of carbonyl (C=O) groups is 3. The molecular formula is C10H16O6. The Morgan fingerprint density at radius 3 is 2.25 bits per heavy atom. The molecule has 16 heavy (non-hydrogen) atoms. The summed E-state index contributed by atoms with van der Waals surface area (Å²) in [6, 6.07) is 0. The SMILES string of the molecule is CC(C)C(=O)CCOOC(=O)CCC(=O)O. The fourth-order valence-corrected chi connectivity index (χ4v) is 0.789. The average molecular weight is 232 g/mol. The van der Waals surface area contributed by atoms with E-state index in [1.165, 1.54) is 0 Å². The maximum Gasteiger partial charge on any atom is 0.342 e. The molecule has 92 valence electrons. The summed E-state index contributed by atoms with van der Waals surface area (Å²) in [7, 11) is 0. The predicted octanol–water partition coefficient (Wildman–Crippen LogP) is 0.941. The van der Waals surface area contributed by atoms with Crippen molar-refractivity contribution in [2.24, 2.45) is 5.92 Å². The molecule has 0 amide bonds. The van der Waals surface area contributed by atoms with Crippen molar-refractivity contribution in [1.29, 1.82) is 0 Å². The molecule has 0 unspecified atom stereocenters. The summed E-state index contributed by atoms with van der Waals surface area (Å²) in [5, 5.41) is 8.27. The molecule has 0 aromatic rings. The lowest BCUT2D eigenvalue weighted by Crippen LogP contribution is -2.13. The molecule has 0 fully saturated rings. The van der Waals surface area contributed by atoms with Gasteiger partial charge in [-0.25, -0.2) is 4.79 Å². The van der Waals surface area contributed by atoms with Gasteiger partial charge in [-0.15, -0.1) is 0 Å². The number of carbonyl (C=O) groups excluding carboxylic acids is 2. The Morgan fingerprint density at radius 1 is 1.12 bits per heavy atom. The van der Waals surface area contributed by atoms with Gasteiger partial charge in [-0.3, -0.25) is 14.5 Å². The van der Waals surface area contributed by atoms with Gasteiger partial charge < -0.3 is 5.11 Å². The molecule has 1 N–H and O–H groups in total. The Kier molecular flexibility index (Phi) is 7.11. The molecule has 0 atom stereocenters. The number of aliphatic carboxylic acids is 1. The monoisotopic (exact) mass is 232 g/mol. The Balaban J connectivity index is 3.48. The van der Waals surface area contributed by atoms with Crippen LogP contribution in [0.5, 0.6) is 0 Å². The second-order valence-corrected chi connectivity index (χ2v) is 3.54. The van der Waals surface area contributed by atoms with Crippen LogP contribution < -0.4 is 0 Å². The van der Waals surface area contributed by atoms with E-state index < -0.39 is 11.9 Å². The second-order valence-electron chi connectivity index (χ2n) is 3.54. The summed E-state index contributed by atoms with van der Waals surface area (Å²) in [4.78, 5) is 40.8. The minimum absolute atomic E-state index is 0.00414. The fourth-order valence-electron chi connectivity index (χ4n) is 0.789. The number of Topliss-reactive ketones (excluding diaryl/α,β-unsaturated/α-hetero) is 1. The Labute approximate surface area is 93.5 Å². The number of ketones is 1. The van der Waals surface area contributed by atoms with Crippen LogP contribution in [0.4, 0.5) is 0 Å². The molecule has 6 nitrogen and oxygen atoms in total. The van der Waals surface area contributed by atoms with E-state index in [0.29, 0.717) is 0 Å². The number of hydrogen-bond acceptors (Lipinski definition) is 5. The largest absolute Gasteiger partial charge is 0.481 e. The van der Waals surface area contributed by atoms with Crippen molar-refractivity contribution >= 4 is 17.7 Å². The molecule has 0 heterocycles. The zero-order valence-corrected chi connectivity index (χ0v) is 9.39. The molecule has 0 aliphatic carbocycles. The molecule has 0 aliphatic rings. The number of hydrogen-bond donors (Lipinski definition) is 1. The van der Waals surface area contributed by atoms with Gasteiger partial charge in [0.15, 0.2) is 0 Å². The highest BCUT2D eigenvalue weighted by molar-refractivity contribution is 5.80. The van der Waals surface area contributed by atoms with E-state index in [-0.39, 0.29) is 37.6 Å². The van der Waals surface area contributed by atoms with Crippen molar-refractivity contribution < 1.29 is 29.3 Å². The second kappa shape index (κ2) is 7.81. The molecule has 0 aromatic carbocycles. The molecular weight excluding hydrogens is 216 g/mol. The third-order valence-corrected chi connectivity index (χ3v) is 1.77. The van der Waals surface area contributed by atoms with E-state index in [0.717, 1.165) is 0 Å². The van der Waals surface area contributed by atoms with Gasteiger partial charge in [0.1, 0.15) is 12.4 Å². The van der Waals surface area contributed by atoms with Crippen LogP contribution in [0.3, 0.4) is 0 Å². The lowest BCUT2D eigenvalue weighted by Gasteiger charge is -2.04. The smallest absolute Gasteiger partial charge is 0.342 e. The highest BCUT2D eigenvalue weighted by Gasteiger charge is 2.10. The third-order valence-electron chi connectivity index (χ3n) is 1.77. The van der Waals surface area contributed by atoms with Gasteiger partial charge in [0.2, 0.25) is 0 Å². The van der Waals surface area contributed by atoms with Crippen LogP contribution in [0.25, 0.3) is 0 Å². The molecule has 0 rings (SSSR count). The van der Waals surface area contributed by atoms with Gasteiger partial charge >= 0.3 is 11.9 Å². The van der Waals surface area contributed by atoms with E-state index in [1.807, 2.05) is 0 Å². The molecule has 0 radical (unpaired) electrons. The van der Waals surface area contributed by atoms with Crippen LogP contribution in [-0.2, 0) is 24.2 Å². The molecule has 6 heteroatoms. The number of carboxylic acids is 1. The quantitative estimate of drug-likeness (QED) is 0.380. The van der Waals surface area contributed by atoms with Crippen molar-refractivity contribution in [1.82, 2.24) is 0 Å². The summed E-state index contributed by atoms with van der Waals surface area (Å²) in [5.74, 6) is -1.89. The van der Waals surface area contributed by atoms with E-state index in [4.69, 9.17) is 5.11 Å². The van der Waals surface area contributed by atoms with Crippen LogP contribution in [-0.4, -0.2) is 29.4 Å². The first-order valence-corrected chi connectivity index (χ1v) is 5.00. The molecule has 0 saturated carbocycles. The average Bonchev–Trinajstić information content (AvgIpc) is 2.20. The first-order chi connectivity index (χ1) is 7.43. The van der Waals surface area contributed by atoms with Crippen LogP contribution >= 0.6 is 0 Å². The fraction of sp³-hybridized carbons (Fsp3) is 0.700. The van der Waals surface area contributed by atoms with Crippen molar-refractivity contribution in [3.8, 4) is 0 Å². The summed E-state index contributed by atoms with van der Waals surface area (Å²) in [5.41, 5.74) is 0. The summed E-state index contributed by atoms with van der Waals surface area (Å²) >= 11 is 0. The van der Waals surface area contributed by atoms with Crippen molar-refractivity contribution in [3.05, 3.63) is 0 Å². The minimum atomic E-state index is -1.08. The van der Waals surface area contributed by atoms with Gasteiger partial charge in [-0.1, -0.05) is 13.8 Å². The highest BCUT2D eigenvalue weighted by Crippen LogP contribution is 2.00. The van der Waals surface area contributed by atoms with Crippen LogP contribution in [0.2, 0.25) is 0 Å². The molecule has 0 aliphatic heterocycles. The lowest BCUT2D eigenvalue weighted by molar-refractivity contribution is -0.272. The van der Waals surface area contributed by atoms with Gasteiger partial charge in [-0.05, 0) is 0 Å². The van der Waals surface area contributed by atoms with Crippen LogP contribution in [0.1, 0.15) is 33.1 Å². The van der Waals surface area contributed by atoms with Gasteiger partial charge in [-0.2, -0.15) is 4.89 Å². The minimum Gasteiger partial charge on any atom is -0.481 e. The molecule has 0 spiro atoms. The van der Waals surface area contributed by atoms with E-state index in [9.17, 15) is 14.4 Å². The zero-order valence-electron chi connectivity index (χ0n) is 9.39. The normalized spacial score (nSPS) is 10.2. The number of rotatable bonds is 8. The maximum atomic E-state index is 11.1. The van der Waals surface area contributed by atoms with Crippen molar-refractivity contribution in [3.63, 3.8) is 0 Å². The lowest BCUT2D eigenvalue weighted by atomic mass is 10.1. The van der Waals surface area contributed by atoms with Gasteiger partial charge in [0, 0.05) is 12.3 Å². The first kappa shape index (κ1) is 14.6. The Morgan fingerprint density at radius 2 is 1.75 bits per heavy atom. The number of carboxylic acid groups (broad SMARTS) is 1. The third kappa shape index (κ3) is 7.93. The molecule has 0 aromatic heterocycles. The van der Waals surface area contributed by atoms with E-state index >= 15 is 0 Å². The molecule has 0 bridgehead atoms. The maximum absolute atomic E-state index is 11.1. The molecule has 0 saturated heterocycles. The standard InChI is InChI=1S/C10H16O6/c1-7(2)8(11)5-6-15-16-10(14)4-3-9(12)13/h7H,3-6H2,1-2H3,(H,12,13). The van der Waals surface area contributed by atoms with Crippen molar-refractivity contribution in [2.45, 2.75) is 33.1 Å². The van der Waals surface area contributed by atoms with E-state index in [2.05, 4.69) is 9.78 Å². The van der Waals surface area contributed by atoms with Gasteiger partial charge in [0.25, 0.3) is 0 Å². The van der Waals surface area contributed by atoms with Crippen LogP contribution in [0.15, 0.2) is 0 Å². The van der Waals surface area contributed by atoms with E-state index in [1.54, 1.807) is 13.8 Å². The Hall–Kier alpha value is -1.43. The highest BCUT2D eigenvalue weighted by atomic mass is 17.2. The van der Waals surface area contributed by atoms with Crippen molar-refractivity contribution in [2.75, 3.05) is 6.61 Å². The summed E-state index contributed by atoms with van der Waals surface area (Å²) in [6.07, 6.45) is -0.371. The zero-order chi connectivity index (χ0) is 12.6. The Bertz CT molecular complexity index is 258. The summed E-state index contributed by atoms with van der Waals surface area (Å²) < 4.78 is 0. The van der Waals surface area contributed by atoms with Gasteiger partial charge in [0.05, 0.1) is 12.8 Å². The predicted molar refractivity (Wildman–Crippen MR) is 53.4 cm³/mol. The topological polar surface area (TPSA) is 89.9 Å².